The average Bonchev–Trinajstić information content (AvgIpc) is 2.10. The van der Waals surface area contributed by atoms with Crippen LogP contribution in [0.3, 0.4) is 0 Å². The highest BCUT2D eigenvalue weighted by Crippen LogP contribution is 2.27. The lowest BCUT2D eigenvalue weighted by Gasteiger charge is -2.04. The number of benzene rings is 1. The molecule has 0 unspecified atom stereocenters. The minimum absolute atomic E-state index is 0.280. The quantitative estimate of drug-likeness (QED) is 0.863. The zero-order valence-electron chi connectivity index (χ0n) is 7.34. The lowest BCUT2D eigenvalue weighted by molar-refractivity contribution is 0.470. The molecule has 0 aromatic heterocycles. The molecule has 0 radical (unpaired) electrons. The predicted molar refractivity (Wildman–Crippen MR) is 54.5 cm³/mol. The van der Waals surface area contributed by atoms with Gasteiger partial charge in [0.2, 0.25) is 0 Å². The lowest BCUT2D eigenvalue weighted by Crippen LogP contribution is -1.86. The number of nitriles is 1. The van der Waals surface area contributed by atoms with E-state index in [2.05, 4.69) is 22.0 Å². The highest BCUT2D eigenvalue weighted by atomic mass is 79.9. The molecule has 0 aliphatic rings. The first-order chi connectivity index (χ1) is 6.15. The molecule has 0 saturated carbocycles. The molecule has 3 heteroatoms. The summed E-state index contributed by atoms with van der Waals surface area (Å²) in [6.45, 7) is 1.84. The third-order valence-electron chi connectivity index (χ3n) is 1.90. The molecule has 0 amide bonds. The van der Waals surface area contributed by atoms with Crippen LogP contribution in [-0.4, -0.2) is 5.11 Å². The Morgan fingerprint density at radius 3 is 2.77 bits per heavy atom. The van der Waals surface area contributed by atoms with E-state index < -0.39 is 0 Å². The van der Waals surface area contributed by atoms with E-state index >= 15 is 0 Å². The molecule has 0 heterocycles. The van der Waals surface area contributed by atoms with Crippen LogP contribution in [0.25, 0.3) is 0 Å². The van der Waals surface area contributed by atoms with Gasteiger partial charge < -0.3 is 5.11 Å². The fourth-order valence-corrected chi connectivity index (χ4v) is 1.56. The lowest BCUT2D eigenvalue weighted by atomic mass is 10.1. The van der Waals surface area contributed by atoms with E-state index in [4.69, 9.17) is 5.26 Å². The number of rotatable bonds is 2. The number of nitrogens with zero attached hydrogens (tertiary/aromatic N) is 1. The van der Waals surface area contributed by atoms with Gasteiger partial charge in [0, 0.05) is 16.5 Å². The van der Waals surface area contributed by atoms with Gasteiger partial charge in [-0.05, 0) is 31.0 Å². The Morgan fingerprint density at radius 2 is 2.23 bits per heavy atom. The van der Waals surface area contributed by atoms with Crippen LogP contribution < -0.4 is 0 Å². The molecule has 0 bridgehead atoms. The summed E-state index contributed by atoms with van der Waals surface area (Å²) >= 11 is 3.35. The number of halogens is 1. The molecule has 0 spiro atoms. The predicted octanol–water partition coefficient (Wildman–Crippen LogP) is 2.92. The topological polar surface area (TPSA) is 44.0 Å². The number of hydrogen-bond acceptors (Lipinski definition) is 2. The molecule has 0 aliphatic heterocycles. The summed E-state index contributed by atoms with van der Waals surface area (Å²) in [5.41, 5.74) is 1.82. The van der Waals surface area contributed by atoms with Crippen molar-refractivity contribution < 1.29 is 5.11 Å². The molecule has 1 aromatic carbocycles. The van der Waals surface area contributed by atoms with Crippen molar-refractivity contribution in [3.05, 3.63) is 27.7 Å². The van der Waals surface area contributed by atoms with Crippen LogP contribution in [0.2, 0.25) is 0 Å². The third-order valence-corrected chi connectivity index (χ3v) is 2.73. The number of phenolic OH excluding ortho intramolecular Hbond substituents is 1. The fourth-order valence-electron chi connectivity index (χ4n) is 1.06. The van der Waals surface area contributed by atoms with Crippen molar-refractivity contribution in [2.24, 2.45) is 0 Å². The van der Waals surface area contributed by atoms with Crippen LogP contribution >= 0.6 is 15.9 Å². The maximum absolute atomic E-state index is 9.47. The van der Waals surface area contributed by atoms with E-state index in [0.717, 1.165) is 15.6 Å². The van der Waals surface area contributed by atoms with Crippen LogP contribution in [-0.2, 0) is 6.42 Å². The minimum atomic E-state index is 0.280. The monoisotopic (exact) mass is 239 g/mol. The molecule has 13 heavy (non-hydrogen) atoms. The third kappa shape index (κ3) is 2.46. The van der Waals surface area contributed by atoms with Crippen LogP contribution in [0.5, 0.6) is 5.75 Å². The minimum Gasteiger partial charge on any atom is -0.508 e. The fraction of sp³-hybridized carbons (Fsp3) is 0.300. The maximum Gasteiger partial charge on any atom is 0.119 e. The van der Waals surface area contributed by atoms with E-state index in [1.165, 1.54) is 0 Å². The van der Waals surface area contributed by atoms with E-state index in [1.54, 1.807) is 6.07 Å². The molecule has 0 fully saturated rings. The normalized spacial score (nSPS) is 9.62. The highest BCUT2D eigenvalue weighted by molar-refractivity contribution is 9.10. The van der Waals surface area contributed by atoms with Gasteiger partial charge in [0.25, 0.3) is 0 Å². The first-order valence-corrected chi connectivity index (χ1v) is 4.79. The van der Waals surface area contributed by atoms with E-state index in [0.29, 0.717) is 12.8 Å². The summed E-state index contributed by atoms with van der Waals surface area (Å²) in [5.74, 6) is 0.280. The van der Waals surface area contributed by atoms with Crippen molar-refractivity contribution in [3.8, 4) is 11.8 Å². The smallest absolute Gasteiger partial charge is 0.119 e. The van der Waals surface area contributed by atoms with Crippen LogP contribution in [0.1, 0.15) is 17.5 Å². The highest BCUT2D eigenvalue weighted by Gasteiger charge is 2.03. The Balaban J connectivity index is 2.94. The van der Waals surface area contributed by atoms with E-state index in [-0.39, 0.29) is 5.75 Å². The Labute approximate surface area is 85.9 Å². The number of phenols is 1. The second-order valence-corrected chi connectivity index (χ2v) is 3.73. The van der Waals surface area contributed by atoms with Gasteiger partial charge in [-0.2, -0.15) is 5.26 Å². The second kappa shape index (κ2) is 4.29. The summed E-state index contributed by atoms with van der Waals surface area (Å²) in [7, 11) is 0. The van der Waals surface area contributed by atoms with Gasteiger partial charge in [-0.3, -0.25) is 0 Å². The Kier molecular flexibility index (Phi) is 3.32. The number of hydrogen-bond donors (Lipinski definition) is 1. The van der Waals surface area contributed by atoms with Crippen LogP contribution in [0, 0.1) is 18.3 Å². The summed E-state index contributed by atoms with van der Waals surface area (Å²) in [5, 5.41) is 17.9. The zero-order chi connectivity index (χ0) is 9.84. The van der Waals surface area contributed by atoms with Crippen molar-refractivity contribution in [1.29, 1.82) is 5.26 Å². The SMILES string of the molecule is Cc1c(O)cc(CCC#N)cc1Br. The van der Waals surface area contributed by atoms with Gasteiger partial charge in [0.1, 0.15) is 5.75 Å². The molecular formula is C10H10BrNO. The van der Waals surface area contributed by atoms with Gasteiger partial charge in [-0.15, -0.1) is 0 Å². The summed E-state index contributed by atoms with van der Waals surface area (Å²) < 4.78 is 0.889. The van der Waals surface area contributed by atoms with Crippen molar-refractivity contribution in [3.63, 3.8) is 0 Å². The Morgan fingerprint density at radius 1 is 1.54 bits per heavy atom. The second-order valence-electron chi connectivity index (χ2n) is 2.88. The molecule has 1 rings (SSSR count). The summed E-state index contributed by atoms with van der Waals surface area (Å²) in [6, 6.07) is 5.72. The molecule has 0 aliphatic carbocycles. The van der Waals surface area contributed by atoms with Crippen LogP contribution in [0.4, 0.5) is 0 Å². The van der Waals surface area contributed by atoms with E-state index in [9.17, 15) is 5.11 Å². The van der Waals surface area contributed by atoms with Gasteiger partial charge in [-0.1, -0.05) is 15.9 Å². The largest absolute Gasteiger partial charge is 0.508 e. The zero-order valence-corrected chi connectivity index (χ0v) is 8.93. The average molecular weight is 240 g/mol. The van der Waals surface area contributed by atoms with Gasteiger partial charge in [0.05, 0.1) is 6.07 Å². The van der Waals surface area contributed by atoms with E-state index in [1.807, 2.05) is 13.0 Å². The molecule has 0 atom stereocenters. The van der Waals surface area contributed by atoms with Crippen molar-refractivity contribution in [1.82, 2.24) is 0 Å². The first kappa shape index (κ1) is 10.1. The maximum atomic E-state index is 9.47. The summed E-state index contributed by atoms with van der Waals surface area (Å²) in [6.07, 6.45) is 1.16. The molecule has 68 valence electrons. The standard InChI is InChI=1S/C10H10BrNO/c1-7-9(11)5-8(3-2-4-12)6-10(7)13/h5-6,13H,2-3H2,1H3. The van der Waals surface area contributed by atoms with Crippen molar-refractivity contribution in [2.45, 2.75) is 19.8 Å². The van der Waals surface area contributed by atoms with Crippen LogP contribution in [0.15, 0.2) is 16.6 Å². The molecule has 1 aromatic rings. The first-order valence-electron chi connectivity index (χ1n) is 4.00. The van der Waals surface area contributed by atoms with Crippen molar-refractivity contribution >= 4 is 15.9 Å². The molecule has 2 nitrogen and oxygen atoms in total. The van der Waals surface area contributed by atoms with Gasteiger partial charge >= 0.3 is 0 Å². The molecule has 1 N–H and O–H groups in total. The number of aryl methyl sites for hydroxylation is 1. The number of aromatic hydroxyl groups is 1. The summed E-state index contributed by atoms with van der Waals surface area (Å²) in [4.78, 5) is 0. The Bertz CT molecular complexity index is 331. The Hall–Kier alpha value is -1.01. The van der Waals surface area contributed by atoms with Gasteiger partial charge in [0.15, 0.2) is 0 Å². The van der Waals surface area contributed by atoms with Gasteiger partial charge in [-0.25, -0.2) is 0 Å². The molecule has 0 saturated heterocycles. The van der Waals surface area contributed by atoms with Crippen molar-refractivity contribution in [2.75, 3.05) is 0 Å². The molecular weight excluding hydrogens is 230 g/mol.